The van der Waals surface area contributed by atoms with Gasteiger partial charge in [-0.3, -0.25) is 0 Å². The van der Waals surface area contributed by atoms with E-state index in [1.54, 1.807) is 5.57 Å². The van der Waals surface area contributed by atoms with Gasteiger partial charge in [-0.05, 0) is 50.9 Å². The van der Waals surface area contributed by atoms with Crippen LogP contribution in [0.5, 0.6) is 0 Å². The third kappa shape index (κ3) is 3.42. The lowest BCUT2D eigenvalue weighted by molar-refractivity contribution is 0.803. The Hall–Kier alpha value is -0.260. The maximum Gasteiger partial charge on any atom is -0.0229 e. The number of hydrogen-bond acceptors (Lipinski definition) is 0. The fourth-order valence-electron chi connectivity index (χ4n) is 1.61. The van der Waals surface area contributed by atoms with Gasteiger partial charge in [0.25, 0.3) is 0 Å². The highest BCUT2D eigenvalue weighted by atomic mass is 14.2. The maximum atomic E-state index is 2.38. The molecule has 0 bridgehead atoms. The van der Waals surface area contributed by atoms with Gasteiger partial charge >= 0.3 is 0 Å². The molecule has 1 rings (SSSR count). The van der Waals surface area contributed by atoms with Gasteiger partial charge in [0.2, 0.25) is 0 Å². The van der Waals surface area contributed by atoms with Gasteiger partial charge in [-0.1, -0.05) is 25.5 Å². The zero-order valence-corrected chi connectivity index (χ0v) is 8.48. The second-order valence-corrected chi connectivity index (χ2v) is 3.93. The number of allylic oxidation sites excluding steroid dienone is 2. The van der Waals surface area contributed by atoms with E-state index >= 15 is 0 Å². The smallest absolute Gasteiger partial charge is 0.0229 e. The van der Waals surface area contributed by atoms with E-state index in [0.29, 0.717) is 0 Å². The molecule has 0 aromatic carbocycles. The molecule has 67 valence electrons. The van der Waals surface area contributed by atoms with E-state index in [-0.39, 0.29) is 0 Å². The zero-order chi connectivity index (χ0) is 8.97. The summed E-state index contributed by atoms with van der Waals surface area (Å²) in [4.78, 5) is 0. The first-order valence-electron chi connectivity index (χ1n) is 4.83. The molecular weight excluding hydrogens is 144 g/mol. The molecule has 3 radical (unpaired) electrons. The summed E-state index contributed by atoms with van der Waals surface area (Å²) < 4.78 is 0. The summed E-state index contributed by atoms with van der Waals surface area (Å²) in [6, 6.07) is 0. The van der Waals surface area contributed by atoms with Crippen LogP contribution in [0.2, 0.25) is 0 Å². The molecule has 1 aliphatic carbocycles. The van der Waals surface area contributed by atoms with Gasteiger partial charge in [-0.2, -0.15) is 0 Å². The van der Waals surface area contributed by atoms with Crippen LogP contribution in [0.1, 0.15) is 46.5 Å². The molecule has 0 aromatic rings. The third-order valence-electron chi connectivity index (χ3n) is 2.44. The second-order valence-electron chi connectivity index (χ2n) is 3.93. The van der Waals surface area contributed by atoms with Gasteiger partial charge in [0.1, 0.15) is 0 Å². The van der Waals surface area contributed by atoms with Crippen LogP contribution in [-0.4, -0.2) is 0 Å². The van der Waals surface area contributed by atoms with Gasteiger partial charge < -0.3 is 0 Å². The number of rotatable bonds is 0. The normalized spacial score (nSPS) is 28.4. The van der Waals surface area contributed by atoms with E-state index in [1.807, 2.05) is 0 Å². The van der Waals surface area contributed by atoms with Crippen molar-refractivity contribution in [1.29, 1.82) is 0 Å². The van der Waals surface area contributed by atoms with Gasteiger partial charge in [-0.25, -0.2) is 0 Å². The largest absolute Gasteiger partial charge is 0.0856 e. The highest BCUT2D eigenvalue weighted by molar-refractivity contribution is 5.18. The predicted octanol–water partition coefficient (Wildman–Crippen LogP) is 3.90. The van der Waals surface area contributed by atoms with Crippen molar-refractivity contribution < 1.29 is 0 Å². The lowest BCUT2D eigenvalue weighted by Crippen LogP contribution is -1.99. The van der Waals surface area contributed by atoms with E-state index in [0.717, 1.165) is 0 Å². The molecule has 0 saturated heterocycles. The van der Waals surface area contributed by atoms with Crippen molar-refractivity contribution in [1.82, 2.24) is 0 Å². The highest BCUT2D eigenvalue weighted by Crippen LogP contribution is 2.26. The summed E-state index contributed by atoms with van der Waals surface area (Å²) in [5, 5.41) is 0. The predicted molar refractivity (Wildman–Crippen MR) is 54.4 cm³/mol. The molecule has 0 unspecified atom stereocenters. The van der Waals surface area contributed by atoms with E-state index in [1.165, 1.54) is 37.5 Å². The average molecular weight is 163 g/mol. The van der Waals surface area contributed by atoms with Crippen LogP contribution in [0.25, 0.3) is 0 Å². The molecule has 0 N–H and O–H groups in total. The maximum absolute atomic E-state index is 2.38. The van der Waals surface area contributed by atoms with Crippen LogP contribution in [0.3, 0.4) is 0 Å². The Morgan fingerprint density at radius 1 is 0.917 bits per heavy atom. The number of hydrogen-bond donors (Lipinski definition) is 0. The van der Waals surface area contributed by atoms with Crippen molar-refractivity contribution in [3.63, 3.8) is 0 Å². The minimum atomic E-state index is 1.22. The Labute approximate surface area is 77.1 Å². The van der Waals surface area contributed by atoms with Gasteiger partial charge in [0.15, 0.2) is 0 Å². The quantitative estimate of drug-likeness (QED) is 0.475. The van der Waals surface area contributed by atoms with Crippen molar-refractivity contribution in [3.05, 3.63) is 29.9 Å². The van der Waals surface area contributed by atoms with Crippen LogP contribution in [0.15, 0.2) is 11.6 Å². The van der Waals surface area contributed by atoms with Crippen molar-refractivity contribution in [3.8, 4) is 0 Å². The molecule has 0 amide bonds. The topological polar surface area (TPSA) is 0 Å². The first-order chi connectivity index (χ1) is 5.68. The van der Waals surface area contributed by atoms with Crippen LogP contribution < -0.4 is 0 Å². The molecule has 1 aliphatic rings. The Morgan fingerprint density at radius 2 is 1.58 bits per heavy atom. The summed E-state index contributed by atoms with van der Waals surface area (Å²) in [6.45, 7) is 6.72. The average Bonchev–Trinajstić information content (AvgIpc) is 2.05. The van der Waals surface area contributed by atoms with Crippen LogP contribution >= 0.6 is 0 Å². The molecular formula is C12H19. The lowest BCUT2D eigenvalue weighted by Gasteiger charge is -2.13. The van der Waals surface area contributed by atoms with Crippen molar-refractivity contribution in [2.75, 3.05) is 0 Å². The van der Waals surface area contributed by atoms with Gasteiger partial charge in [0, 0.05) is 0 Å². The zero-order valence-electron chi connectivity index (χ0n) is 8.48. The molecule has 0 heteroatoms. The molecule has 0 atom stereocenters. The molecule has 0 aliphatic heterocycles. The fraction of sp³-hybridized carbons (Fsp3) is 0.583. The highest BCUT2D eigenvalue weighted by Gasteiger charge is 2.11. The summed E-state index contributed by atoms with van der Waals surface area (Å²) >= 11 is 0. The third-order valence-corrected chi connectivity index (χ3v) is 2.44. The Kier molecular flexibility index (Phi) is 3.84. The first-order valence-corrected chi connectivity index (χ1v) is 4.83. The van der Waals surface area contributed by atoms with E-state index in [2.05, 4.69) is 33.3 Å². The SMILES string of the molecule is C[C]1[CH][C](C)CC/C(C)=C\CC1. The van der Waals surface area contributed by atoms with E-state index < -0.39 is 0 Å². The minimum absolute atomic E-state index is 1.22. The summed E-state index contributed by atoms with van der Waals surface area (Å²) in [7, 11) is 0. The van der Waals surface area contributed by atoms with Crippen LogP contribution in [-0.2, 0) is 0 Å². The Morgan fingerprint density at radius 3 is 2.33 bits per heavy atom. The fourth-order valence-corrected chi connectivity index (χ4v) is 1.61. The molecule has 0 saturated carbocycles. The molecule has 0 aromatic heterocycles. The lowest BCUT2D eigenvalue weighted by atomic mass is 9.92. The van der Waals surface area contributed by atoms with E-state index in [4.69, 9.17) is 0 Å². The summed E-state index contributed by atoms with van der Waals surface area (Å²) in [5.74, 6) is 3.06. The molecule has 0 nitrogen and oxygen atoms in total. The molecule has 0 spiro atoms. The van der Waals surface area contributed by atoms with Crippen molar-refractivity contribution >= 4 is 0 Å². The molecule has 12 heavy (non-hydrogen) atoms. The summed E-state index contributed by atoms with van der Waals surface area (Å²) in [5.41, 5.74) is 1.55. The van der Waals surface area contributed by atoms with Crippen LogP contribution in [0, 0.1) is 18.3 Å². The van der Waals surface area contributed by atoms with Crippen molar-refractivity contribution in [2.24, 2.45) is 0 Å². The monoisotopic (exact) mass is 163 g/mol. The summed E-state index contributed by atoms with van der Waals surface area (Å²) in [6.07, 6.45) is 9.67. The molecule has 0 heterocycles. The van der Waals surface area contributed by atoms with Crippen LogP contribution in [0.4, 0.5) is 0 Å². The van der Waals surface area contributed by atoms with Crippen molar-refractivity contribution in [2.45, 2.75) is 46.5 Å². The Bertz CT molecular complexity index is 155. The first kappa shape index (κ1) is 9.83. The van der Waals surface area contributed by atoms with E-state index in [9.17, 15) is 0 Å². The standard InChI is InChI=1S/C12H19/c1-10-5-4-6-11(2)9-12(3)8-7-10/h5,9H,4,6-8H2,1-3H3/b10-5-. The molecule has 0 fully saturated rings. The Balaban J connectivity index is 2.47. The minimum Gasteiger partial charge on any atom is -0.0856 e. The second kappa shape index (κ2) is 4.69. The van der Waals surface area contributed by atoms with Gasteiger partial charge in [-0.15, -0.1) is 0 Å². The van der Waals surface area contributed by atoms with Gasteiger partial charge in [0.05, 0.1) is 0 Å².